The second kappa shape index (κ2) is 5.37. The third-order valence-corrected chi connectivity index (χ3v) is 6.75. The normalized spacial score (nSPS) is 36.6. The Morgan fingerprint density at radius 1 is 1.26 bits per heavy atom. The van der Waals surface area contributed by atoms with E-state index >= 15 is 0 Å². The highest BCUT2D eigenvalue weighted by Gasteiger charge is 2.60. The maximum atomic E-state index is 3.88. The van der Waals surface area contributed by atoms with Crippen LogP contribution in [0.25, 0.3) is 0 Å². The number of rotatable bonds is 6. The molecule has 0 heterocycles. The highest BCUT2D eigenvalue weighted by molar-refractivity contribution is 5.12. The van der Waals surface area contributed by atoms with Crippen LogP contribution in [0.1, 0.15) is 60.3 Å². The summed E-state index contributed by atoms with van der Waals surface area (Å²) < 4.78 is 0. The van der Waals surface area contributed by atoms with E-state index in [0.717, 1.165) is 12.0 Å². The smallest absolute Gasteiger partial charge is 0.0129 e. The van der Waals surface area contributed by atoms with Crippen molar-refractivity contribution in [1.29, 1.82) is 0 Å². The zero-order valence-electron chi connectivity index (χ0n) is 13.9. The second-order valence-electron chi connectivity index (χ2n) is 8.05. The highest BCUT2D eigenvalue weighted by atomic mass is 15.1. The highest BCUT2D eigenvalue weighted by Crippen LogP contribution is 2.65. The van der Waals surface area contributed by atoms with Crippen LogP contribution in [0.2, 0.25) is 0 Å². The van der Waals surface area contributed by atoms with Gasteiger partial charge in [-0.05, 0) is 76.4 Å². The molecule has 112 valence electrons. The average molecular weight is 266 g/mol. The molecule has 2 bridgehead atoms. The Balaban J connectivity index is 1.77. The molecule has 0 aromatic heterocycles. The van der Waals surface area contributed by atoms with Crippen LogP contribution < -0.4 is 5.32 Å². The Kier molecular flexibility index (Phi) is 4.32. The van der Waals surface area contributed by atoms with E-state index in [1.807, 2.05) is 0 Å². The Morgan fingerprint density at radius 3 is 2.42 bits per heavy atom. The maximum Gasteiger partial charge on any atom is 0.0129 e. The Bertz CT molecular complexity index is 310. The van der Waals surface area contributed by atoms with Crippen LogP contribution in [0, 0.1) is 16.7 Å². The first-order chi connectivity index (χ1) is 8.79. The lowest BCUT2D eigenvalue weighted by Gasteiger charge is -2.39. The van der Waals surface area contributed by atoms with Gasteiger partial charge in [0.15, 0.2) is 0 Å². The van der Waals surface area contributed by atoms with Gasteiger partial charge in [0.05, 0.1) is 0 Å². The SMILES string of the molecule is CC(C)N(C)CCCNC1CC2CCC1(C)C2(C)C. The maximum absolute atomic E-state index is 3.88. The zero-order valence-corrected chi connectivity index (χ0v) is 13.9. The molecule has 2 saturated carbocycles. The van der Waals surface area contributed by atoms with Crippen molar-refractivity contribution in [3.05, 3.63) is 0 Å². The van der Waals surface area contributed by atoms with Gasteiger partial charge in [-0.15, -0.1) is 0 Å². The zero-order chi connectivity index (χ0) is 14.3. The molecule has 3 unspecified atom stereocenters. The molecule has 2 heteroatoms. The first kappa shape index (κ1) is 15.3. The fraction of sp³-hybridized carbons (Fsp3) is 1.00. The van der Waals surface area contributed by atoms with Gasteiger partial charge in [0.1, 0.15) is 0 Å². The first-order valence-corrected chi connectivity index (χ1v) is 8.22. The van der Waals surface area contributed by atoms with Gasteiger partial charge >= 0.3 is 0 Å². The van der Waals surface area contributed by atoms with E-state index in [1.165, 1.54) is 38.8 Å². The van der Waals surface area contributed by atoms with Crippen LogP contribution in [0.3, 0.4) is 0 Å². The summed E-state index contributed by atoms with van der Waals surface area (Å²) in [6.07, 6.45) is 5.56. The molecule has 0 spiro atoms. The van der Waals surface area contributed by atoms with Gasteiger partial charge in [0, 0.05) is 12.1 Å². The molecule has 2 nitrogen and oxygen atoms in total. The fourth-order valence-electron chi connectivity index (χ4n) is 4.38. The van der Waals surface area contributed by atoms with Crippen LogP contribution in [-0.4, -0.2) is 37.1 Å². The van der Waals surface area contributed by atoms with Gasteiger partial charge in [-0.3, -0.25) is 0 Å². The van der Waals surface area contributed by atoms with Crippen molar-refractivity contribution >= 4 is 0 Å². The van der Waals surface area contributed by atoms with Crippen LogP contribution in [0.15, 0.2) is 0 Å². The Morgan fingerprint density at radius 2 is 1.95 bits per heavy atom. The van der Waals surface area contributed by atoms with E-state index in [-0.39, 0.29) is 0 Å². The topological polar surface area (TPSA) is 15.3 Å². The number of hydrogen-bond donors (Lipinski definition) is 1. The second-order valence-corrected chi connectivity index (χ2v) is 8.05. The lowest BCUT2D eigenvalue weighted by molar-refractivity contribution is 0.120. The van der Waals surface area contributed by atoms with Crippen molar-refractivity contribution in [3.8, 4) is 0 Å². The molecule has 0 amide bonds. The molecule has 19 heavy (non-hydrogen) atoms. The summed E-state index contributed by atoms with van der Waals surface area (Å²) in [4.78, 5) is 2.44. The predicted octanol–water partition coefficient (Wildman–Crippen LogP) is 3.52. The Labute approximate surface area is 120 Å². The molecule has 0 aromatic carbocycles. The number of nitrogens with one attached hydrogen (secondary N) is 1. The standard InChI is InChI=1S/C17H34N2/c1-13(2)19(6)11-7-10-18-15-12-14-8-9-17(15,5)16(14,3)4/h13-15,18H,7-12H2,1-6H3. The van der Waals surface area contributed by atoms with Crippen molar-refractivity contribution in [2.75, 3.05) is 20.1 Å². The summed E-state index contributed by atoms with van der Waals surface area (Å²) >= 11 is 0. The fourth-order valence-corrected chi connectivity index (χ4v) is 4.38. The van der Waals surface area contributed by atoms with Crippen LogP contribution >= 0.6 is 0 Å². The van der Waals surface area contributed by atoms with Crippen molar-refractivity contribution < 1.29 is 0 Å². The largest absolute Gasteiger partial charge is 0.313 e. The summed E-state index contributed by atoms with van der Waals surface area (Å²) in [5, 5.41) is 3.88. The number of hydrogen-bond acceptors (Lipinski definition) is 2. The Hall–Kier alpha value is -0.0800. The molecule has 3 atom stereocenters. The summed E-state index contributed by atoms with van der Waals surface area (Å²) in [7, 11) is 2.23. The molecule has 1 N–H and O–H groups in total. The lowest BCUT2D eigenvalue weighted by Crippen LogP contribution is -2.45. The molecular formula is C17H34N2. The average Bonchev–Trinajstić information content (AvgIpc) is 2.66. The van der Waals surface area contributed by atoms with Crippen molar-refractivity contribution in [2.24, 2.45) is 16.7 Å². The first-order valence-electron chi connectivity index (χ1n) is 8.22. The summed E-state index contributed by atoms with van der Waals surface area (Å²) in [6, 6.07) is 1.42. The number of fused-ring (bicyclic) bond motifs is 2. The third kappa shape index (κ3) is 2.58. The minimum absolute atomic E-state index is 0.529. The van der Waals surface area contributed by atoms with Gasteiger partial charge in [0.2, 0.25) is 0 Å². The van der Waals surface area contributed by atoms with Crippen molar-refractivity contribution in [2.45, 2.75) is 72.4 Å². The van der Waals surface area contributed by atoms with E-state index in [9.17, 15) is 0 Å². The van der Waals surface area contributed by atoms with Gasteiger partial charge in [-0.1, -0.05) is 20.8 Å². The summed E-state index contributed by atoms with van der Waals surface area (Å²) in [6.45, 7) is 14.5. The van der Waals surface area contributed by atoms with Crippen molar-refractivity contribution in [1.82, 2.24) is 10.2 Å². The minimum atomic E-state index is 0.529. The van der Waals surface area contributed by atoms with Crippen molar-refractivity contribution in [3.63, 3.8) is 0 Å². The number of nitrogens with zero attached hydrogens (tertiary/aromatic N) is 1. The molecular weight excluding hydrogens is 232 g/mol. The van der Waals surface area contributed by atoms with E-state index in [0.29, 0.717) is 16.9 Å². The molecule has 2 rings (SSSR count). The van der Waals surface area contributed by atoms with Crippen LogP contribution in [0.4, 0.5) is 0 Å². The predicted molar refractivity (Wildman–Crippen MR) is 83.4 cm³/mol. The van der Waals surface area contributed by atoms with Gasteiger partial charge in [0.25, 0.3) is 0 Å². The van der Waals surface area contributed by atoms with E-state index in [2.05, 4.69) is 51.9 Å². The van der Waals surface area contributed by atoms with Crippen LogP contribution in [0.5, 0.6) is 0 Å². The minimum Gasteiger partial charge on any atom is -0.313 e. The van der Waals surface area contributed by atoms with E-state index in [1.54, 1.807) is 0 Å². The molecule has 2 aliphatic carbocycles. The molecule has 2 aliphatic rings. The van der Waals surface area contributed by atoms with E-state index in [4.69, 9.17) is 0 Å². The molecule has 0 aliphatic heterocycles. The monoisotopic (exact) mass is 266 g/mol. The molecule has 0 radical (unpaired) electrons. The summed E-state index contributed by atoms with van der Waals surface area (Å²) in [5.41, 5.74) is 1.07. The quantitative estimate of drug-likeness (QED) is 0.740. The molecule has 0 aromatic rings. The molecule has 0 saturated heterocycles. The van der Waals surface area contributed by atoms with Gasteiger partial charge in [-0.25, -0.2) is 0 Å². The third-order valence-electron chi connectivity index (χ3n) is 6.75. The van der Waals surface area contributed by atoms with E-state index < -0.39 is 0 Å². The molecule has 2 fully saturated rings. The lowest BCUT2D eigenvalue weighted by atomic mass is 9.69. The summed E-state index contributed by atoms with van der Waals surface area (Å²) in [5.74, 6) is 0.952. The van der Waals surface area contributed by atoms with Crippen LogP contribution in [-0.2, 0) is 0 Å². The van der Waals surface area contributed by atoms with Gasteiger partial charge < -0.3 is 10.2 Å². The van der Waals surface area contributed by atoms with Gasteiger partial charge in [-0.2, -0.15) is 0 Å².